The predicted octanol–water partition coefficient (Wildman–Crippen LogP) is 3.53. The summed E-state index contributed by atoms with van der Waals surface area (Å²) in [6, 6.07) is 8.58. The molecule has 23 heavy (non-hydrogen) atoms. The van der Waals surface area contributed by atoms with E-state index >= 15 is 0 Å². The first-order valence-corrected chi connectivity index (χ1v) is 7.90. The number of rotatable bonds is 3. The second-order valence-electron chi connectivity index (χ2n) is 6.85. The Labute approximate surface area is 135 Å². The molecule has 4 heteroatoms. The molecule has 2 aromatic rings. The van der Waals surface area contributed by atoms with Crippen LogP contribution in [0.3, 0.4) is 0 Å². The Hall–Kier alpha value is -2.07. The van der Waals surface area contributed by atoms with Crippen LogP contribution in [0, 0.1) is 11.3 Å². The molecule has 0 spiro atoms. The molecule has 1 fully saturated rings. The van der Waals surface area contributed by atoms with Gasteiger partial charge in [-0.05, 0) is 31.0 Å². The molecule has 1 aliphatic rings. The third-order valence-corrected chi connectivity index (χ3v) is 5.00. The zero-order chi connectivity index (χ0) is 16.6. The van der Waals surface area contributed by atoms with Gasteiger partial charge in [0.1, 0.15) is 11.3 Å². The van der Waals surface area contributed by atoms with Gasteiger partial charge < -0.3 is 14.3 Å². The first-order chi connectivity index (χ1) is 10.9. The van der Waals surface area contributed by atoms with Crippen molar-refractivity contribution in [3.63, 3.8) is 0 Å². The quantitative estimate of drug-likeness (QED) is 0.695. The highest BCUT2D eigenvalue weighted by Crippen LogP contribution is 2.43. The van der Waals surface area contributed by atoms with E-state index in [0.717, 1.165) is 23.8 Å². The van der Waals surface area contributed by atoms with Gasteiger partial charge in [0.15, 0.2) is 0 Å². The molecule has 1 aromatic carbocycles. The van der Waals surface area contributed by atoms with Crippen molar-refractivity contribution in [3.8, 4) is 5.75 Å². The van der Waals surface area contributed by atoms with E-state index in [9.17, 15) is 9.90 Å². The second kappa shape index (κ2) is 5.85. The Morgan fingerprint density at radius 2 is 2.09 bits per heavy atom. The molecule has 1 aliphatic carbocycles. The van der Waals surface area contributed by atoms with E-state index in [-0.39, 0.29) is 23.1 Å². The summed E-state index contributed by atoms with van der Waals surface area (Å²) in [4.78, 5) is 11.3. The largest absolute Gasteiger partial charge is 0.493 e. The number of fused-ring (bicyclic) bond motifs is 1. The van der Waals surface area contributed by atoms with Crippen molar-refractivity contribution in [1.29, 1.82) is 0 Å². The molecule has 1 N–H and O–H groups in total. The van der Waals surface area contributed by atoms with Gasteiger partial charge in [-0.1, -0.05) is 26.0 Å². The van der Waals surface area contributed by atoms with E-state index in [4.69, 9.17) is 9.15 Å². The van der Waals surface area contributed by atoms with Crippen molar-refractivity contribution >= 4 is 11.0 Å². The fourth-order valence-corrected chi connectivity index (χ4v) is 3.27. The summed E-state index contributed by atoms with van der Waals surface area (Å²) in [7, 11) is 0. The minimum Gasteiger partial charge on any atom is -0.493 e. The molecule has 0 radical (unpaired) electrons. The first kappa shape index (κ1) is 15.8. The molecule has 2 atom stereocenters. The van der Waals surface area contributed by atoms with Crippen LogP contribution in [0.5, 0.6) is 5.75 Å². The van der Waals surface area contributed by atoms with Crippen molar-refractivity contribution in [2.75, 3.05) is 6.61 Å². The number of ether oxygens (including phenoxy) is 1. The zero-order valence-corrected chi connectivity index (χ0v) is 13.5. The van der Waals surface area contributed by atoms with Crippen molar-refractivity contribution in [3.05, 3.63) is 52.9 Å². The van der Waals surface area contributed by atoms with Gasteiger partial charge in [-0.2, -0.15) is 0 Å². The van der Waals surface area contributed by atoms with Gasteiger partial charge in [0.25, 0.3) is 0 Å². The fourth-order valence-electron chi connectivity index (χ4n) is 3.27. The van der Waals surface area contributed by atoms with E-state index in [1.165, 1.54) is 6.07 Å². The van der Waals surface area contributed by atoms with Crippen molar-refractivity contribution < 1.29 is 14.3 Å². The highest BCUT2D eigenvalue weighted by molar-refractivity contribution is 5.77. The maximum absolute atomic E-state index is 11.3. The zero-order valence-electron chi connectivity index (χ0n) is 13.5. The predicted molar refractivity (Wildman–Crippen MR) is 89.6 cm³/mol. The lowest BCUT2D eigenvalue weighted by Gasteiger charge is -2.43. The van der Waals surface area contributed by atoms with Gasteiger partial charge in [-0.25, -0.2) is 4.79 Å². The molecule has 0 amide bonds. The summed E-state index contributed by atoms with van der Waals surface area (Å²) in [5.41, 5.74) is 0.989. The summed E-state index contributed by atoms with van der Waals surface area (Å²) >= 11 is 0. The van der Waals surface area contributed by atoms with Crippen LogP contribution in [0.1, 0.15) is 26.7 Å². The fraction of sp³-hybridized carbons (Fsp3) is 0.421. The Kier molecular flexibility index (Phi) is 4.02. The topological polar surface area (TPSA) is 59.7 Å². The van der Waals surface area contributed by atoms with Crippen molar-refractivity contribution in [2.45, 2.75) is 32.8 Å². The number of hydrogen-bond donors (Lipinski definition) is 1. The summed E-state index contributed by atoms with van der Waals surface area (Å²) in [6.45, 7) is 8.70. The van der Waals surface area contributed by atoms with Crippen LogP contribution in [0.4, 0.5) is 0 Å². The normalized spacial score (nSPS) is 23.9. The minimum atomic E-state index is -0.375. The van der Waals surface area contributed by atoms with Crippen LogP contribution >= 0.6 is 0 Å². The third-order valence-electron chi connectivity index (χ3n) is 5.00. The molecule has 0 unspecified atom stereocenters. The van der Waals surface area contributed by atoms with Crippen LogP contribution < -0.4 is 10.4 Å². The minimum absolute atomic E-state index is 0.0877. The molecular weight excluding hydrogens is 292 g/mol. The molecule has 1 saturated carbocycles. The van der Waals surface area contributed by atoms with Gasteiger partial charge in [0.05, 0.1) is 12.7 Å². The van der Waals surface area contributed by atoms with Crippen LogP contribution in [0.15, 0.2) is 51.7 Å². The number of aliphatic hydroxyl groups excluding tert-OH is 1. The van der Waals surface area contributed by atoms with Crippen LogP contribution in [-0.4, -0.2) is 17.8 Å². The van der Waals surface area contributed by atoms with E-state index in [1.54, 1.807) is 12.1 Å². The molecule has 122 valence electrons. The van der Waals surface area contributed by atoms with Gasteiger partial charge >= 0.3 is 5.63 Å². The van der Waals surface area contributed by atoms with Gasteiger partial charge in [-0.15, -0.1) is 0 Å². The summed E-state index contributed by atoms with van der Waals surface area (Å²) in [5.74, 6) is 0.736. The Bertz CT molecular complexity index is 787. The molecule has 1 aromatic heterocycles. The number of hydrogen-bond acceptors (Lipinski definition) is 4. The molecule has 0 aliphatic heterocycles. The van der Waals surface area contributed by atoms with Crippen LogP contribution in [0.2, 0.25) is 0 Å². The van der Waals surface area contributed by atoms with E-state index < -0.39 is 0 Å². The third kappa shape index (κ3) is 3.04. The molecule has 1 heterocycles. The van der Waals surface area contributed by atoms with E-state index in [1.807, 2.05) is 12.1 Å². The molecular formula is C19H22O4. The maximum atomic E-state index is 11.3. The Balaban J connectivity index is 1.79. The molecule has 4 nitrogen and oxygen atoms in total. The van der Waals surface area contributed by atoms with Crippen LogP contribution in [-0.2, 0) is 0 Å². The summed E-state index contributed by atoms with van der Waals surface area (Å²) in [5, 5.41) is 11.1. The molecule has 0 bridgehead atoms. The second-order valence-corrected chi connectivity index (χ2v) is 6.85. The lowest BCUT2D eigenvalue weighted by atomic mass is 9.65. The lowest BCUT2D eigenvalue weighted by Crippen LogP contribution is -2.43. The van der Waals surface area contributed by atoms with Crippen LogP contribution in [0.25, 0.3) is 11.0 Å². The Morgan fingerprint density at radius 3 is 2.87 bits per heavy atom. The number of aliphatic hydroxyl groups is 1. The molecule has 0 saturated heterocycles. The van der Waals surface area contributed by atoms with Gasteiger partial charge in [0, 0.05) is 28.9 Å². The van der Waals surface area contributed by atoms with E-state index in [2.05, 4.69) is 20.4 Å². The first-order valence-electron chi connectivity index (χ1n) is 7.90. The molecule has 3 rings (SSSR count). The summed E-state index contributed by atoms with van der Waals surface area (Å²) < 4.78 is 11.1. The standard InChI is InChI=1S/C19H22O4/c1-12-4-8-17(20)19(2,3)15(12)11-22-14-7-5-13-6-9-18(21)23-16(13)10-14/h5-7,9-10,15,17,20H,1,4,8,11H2,2-3H3/t15-,17+/m0/s1. The number of benzene rings is 1. The highest BCUT2D eigenvalue weighted by Gasteiger charge is 2.41. The maximum Gasteiger partial charge on any atom is 0.336 e. The van der Waals surface area contributed by atoms with Gasteiger partial charge in [-0.3, -0.25) is 0 Å². The SMILES string of the molecule is C=C1CC[C@@H](O)C(C)(C)[C@H]1COc1ccc2ccc(=O)oc2c1. The average Bonchev–Trinajstić information content (AvgIpc) is 2.50. The van der Waals surface area contributed by atoms with Crippen molar-refractivity contribution in [1.82, 2.24) is 0 Å². The Morgan fingerprint density at radius 1 is 1.35 bits per heavy atom. The highest BCUT2D eigenvalue weighted by atomic mass is 16.5. The van der Waals surface area contributed by atoms with Gasteiger partial charge in [0.2, 0.25) is 0 Å². The van der Waals surface area contributed by atoms with Crippen molar-refractivity contribution in [2.24, 2.45) is 11.3 Å². The summed E-state index contributed by atoms with van der Waals surface area (Å²) in [6.07, 6.45) is 1.23. The lowest BCUT2D eigenvalue weighted by molar-refractivity contribution is -0.0199. The monoisotopic (exact) mass is 314 g/mol. The average molecular weight is 314 g/mol. The smallest absolute Gasteiger partial charge is 0.336 e. The van der Waals surface area contributed by atoms with E-state index in [0.29, 0.717) is 17.9 Å².